The van der Waals surface area contributed by atoms with E-state index in [2.05, 4.69) is 10.3 Å². The molecule has 4 aromatic rings. The minimum Gasteiger partial charge on any atom is -0.508 e. The minimum atomic E-state index is -1.92. The summed E-state index contributed by atoms with van der Waals surface area (Å²) in [6.07, 6.45) is -3.39. The highest BCUT2D eigenvalue weighted by atomic mass is 32.1. The van der Waals surface area contributed by atoms with Gasteiger partial charge in [0, 0.05) is 25.4 Å². The minimum absolute atomic E-state index is 0.0358. The SMILES string of the molecule is CN(Cc1cccc2ccccc12)C(=O)[C@H](O)[C@@H](O)C(=O)NCc1nc(Cc2ccccc2O)cs1. The highest BCUT2D eigenvalue weighted by Gasteiger charge is 2.32. The number of likely N-dealkylation sites (N-methyl/N-ethyl adjacent to an activating group) is 1. The average molecular weight is 506 g/mol. The first kappa shape index (κ1) is 25.3. The smallest absolute Gasteiger partial charge is 0.254 e. The van der Waals surface area contributed by atoms with Gasteiger partial charge in [-0.2, -0.15) is 0 Å². The molecule has 0 saturated carbocycles. The number of aromatic hydroxyl groups is 1. The summed E-state index contributed by atoms with van der Waals surface area (Å²) in [6, 6.07) is 20.5. The number of fused-ring (bicyclic) bond motifs is 1. The van der Waals surface area contributed by atoms with Crippen molar-refractivity contribution in [1.29, 1.82) is 0 Å². The molecule has 9 heteroatoms. The van der Waals surface area contributed by atoms with Crippen LogP contribution in [0.25, 0.3) is 10.8 Å². The molecule has 3 aromatic carbocycles. The summed E-state index contributed by atoms with van der Waals surface area (Å²) in [6.45, 7) is 0.249. The Bertz CT molecular complexity index is 1370. The molecule has 0 unspecified atom stereocenters. The molecule has 2 atom stereocenters. The Morgan fingerprint density at radius 2 is 1.67 bits per heavy atom. The maximum atomic E-state index is 12.7. The Balaban J connectivity index is 1.31. The lowest BCUT2D eigenvalue weighted by Crippen LogP contribution is -2.49. The quantitative estimate of drug-likeness (QED) is 0.277. The van der Waals surface area contributed by atoms with Crippen LogP contribution >= 0.6 is 11.3 Å². The normalized spacial score (nSPS) is 12.8. The number of nitrogens with zero attached hydrogens (tertiary/aromatic N) is 2. The van der Waals surface area contributed by atoms with Crippen LogP contribution in [0.4, 0.5) is 0 Å². The van der Waals surface area contributed by atoms with Gasteiger partial charge < -0.3 is 25.5 Å². The number of carbonyl (C=O) groups excluding carboxylic acids is 2. The number of aliphatic hydroxyl groups excluding tert-OH is 2. The van der Waals surface area contributed by atoms with Crippen LogP contribution in [-0.4, -0.2) is 56.3 Å². The Labute approximate surface area is 212 Å². The fourth-order valence-electron chi connectivity index (χ4n) is 3.90. The first-order chi connectivity index (χ1) is 17.3. The molecule has 186 valence electrons. The lowest BCUT2D eigenvalue weighted by molar-refractivity contribution is -0.152. The second kappa shape index (κ2) is 11.3. The number of benzene rings is 3. The second-order valence-electron chi connectivity index (χ2n) is 8.48. The van der Waals surface area contributed by atoms with E-state index in [4.69, 9.17) is 0 Å². The zero-order chi connectivity index (χ0) is 25.7. The predicted molar refractivity (Wildman–Crippen MR) is 137 cm³/mol. The van der Waals surface area contributed by atoms with Crippen LogP contribution in [0.15, 0.2) is 72.1 Å². The van der Waals surface area contributed by atoms with E-state index in [1.54, 1.807) is 12.1 Å². The topological polar surface area (TPSA) is 123 Å². The number of carbonyl (C=O) groups is 2. The van der Waals surface area contributed by atoms with Crippen LogP contribution in [0.2, 0.25) is 0 Å². The van der Waals surface area contributed by atoms with Gasteiger partial charge in [-0.3, -0.25) is 9.59 Å². The van der Waals surface area contributed by atoms with Crippen molar-refractivity contribution in [1.82, 2.24) is 15.2 Å². The van der Waals surface area contributed by atoms with E-state index in [1.165, 1.54) is 23.3 Å². The summed E-state index contributed by atoms with van der Waals surface area (Å²) in [5.74, 6) is -1.44. The molecule has 2 amide bonds. The van der Waals surface area contributed by atoms with Crippen LogP contribution in [0.3, 0.4) is 0 Å². The summed E-state index contributed by atoms with van der Waals surface area (Å²) in [5.41, 5.74) is 2.36. The highest BCUT2D eigenvalue weighted by Crippen LogP contribution is 2.22. The van der Waals surface area contributed by atoms with Gasteiger partial charge in [0.05, 0.1) is 12.2 Å². The number of aliphatic hydroxyl groups is 2. The van der Waals surface area contributed by atoms with Gasteiger partial charge in [0.2, 0.25) is 0 Å². The molecule has 0 spiro atoms. The van der Waals surface area contributed by atoms with Gasteiger partial charge in [-0.05, 0) is 28.0 Å². The van der Waals surface area contributed by atoms with Gasteiger partial charge in [0.15, 0.2) is 12.2 Å². The second-order valence-corrected chi connectivity index (χ2v) is 9.42. The van der Waals surface area contributed by atoms with Crippen molar-refractivity contribution in [2.75, 3.05) is 7.05 Å². The van der Waals surface area contributed by atoms with E-state index in [0.29, 0.717) is 11.4 Å². The summed E-state index contributed by atoms with van der Waals surface area (Å²) in [7, 11) is 1.51. The summed E-state index contributed by atoms with van der Waals surface area (Å²) in [4.78, 5) is 30.8. The van der Waals surface area contributed by atoms with Crippen molar-refractivity contribution >= 4 is 33.9 Å². The molecule has 36 heavy (non-hydrogen) atoms. The van der Waals surface area contributed by atoms with Gasteiger partial charge >= 0.3 is 0 Å². The Morgan fingerprint density at radius 1 is 0.972 bits per heavy atom. The highest BCUT2D eigenvalue weighted by molar-refractivity contribution is 7.09. The number of hydrogen-bond donors (Lipinski definition) is 4. The number of amides is 2. The molecule has 0 bridgehead atoms. The maximum Gasteiger partial charge on any atom is 0.254 e. The number of phenolic OH excluding ortho intramolecular Hbond substituents is 1. The molecule has 1 aromatic heterocycles. The predicted octanol–water partition coefficient (Wildman–Crippen LogP) is 2.59. The van der Waals surface area contributed by atoms with E-state index in [1.807, 2.05) is 60.0 Å². The van der Waals surface area contributed by atoms with Crippen LogP contribution in [0.5, 0.6) is 5.75 Å². The van der Waals surface area contributed by atoms with Crippen molar-refractivity contribution in [3.05, 3.63) is 93.9 Å². The monoisotopic (exact) mass is 505 g/mol. The van der Waals surface area contributed by atoms with Gasteiger partial charge in [-0.1, -0.05) is 60.7 Å². The van der Waals surface area contributed by atoms with Crippen LogP contribution < -0.4 is 5.32 Å². The van der Waals surface area contributed by atoms with Crippen molar-refractivity contribution < 1.29 is 24.9 Å². The van der Waals surface area contributed by atoms with Crippen molar-refractivity contribution in [2.24, 2.45) is 0 Å². The molecule has 4 rings (SSSR count). The fourth-order valence-corrected chi connectivity index (χ4v) is 4.64. The number of aromatic nitrogens is 1. The van der Waals surface area contributed by atoms with Gasteiger partial charge in [-0.25, -0.2) is 4.98 Å². The van der Waals surface area contributed by atoms with Crippen LogP contribution in [0, 0.1) is 0 Å². The number of thiazole rings is 1. The molecule has 8 nitrogen and oxygen atoms in total. The van der Waals surface area contributed by atoms with Crippen LogP contribution in [-0.2, 0) is 29.1 Å². The van der Waals surface area contributed by atoms with E-state index in [9.17, 15) is 24.9 Å². The Morgan fingerprint density at radius 3 is 2.47 bits per heavy atom. The Hall–Kier alpha value is -3.79. The summed E-state index contributed by atoms with van der Waals surface area (Å²) >= 11 is 1.32. The lowest BCUT2D eigenvalue weighted by atomic mass is 10.0. The largest absolute Gasteiger partial charge is 0.508 e. The molecule has 0 fully saturated rings. The number of phenols is 1. The lowest BCUT2D eigenvalue weighted by Gasteiger charge is -2.24. The summed E-state index contributed by atoms with van der Waals surface area (Å²) in [5, 5.41) is 37.5. The van der Waals surface area contributed by atoms with Crippen molar-refractivity contribution in [2.45, 2.75) is 31.7 Å². The molecule has 0 aliphatic carbocycles. The van der Waals surface area contributed by atoms with E-state index < -0.39 is 24.0 Å². The van der Waals surface area contributed by atoms with Crippen LogP contribution in [0.1, 0.15) is 21.8 Å². The van der Waals surface area contributed by atoms with Gasteiger partial charge in [-0.15, -0.1) is 11.3 Å². The maximum absolute atomic E-state index is 12.7. The number of para-hydroxylation sites is 1. The molecular weight excluding hydrogens is 478 g/mol. The first-order valence-electron chi connectivity index (χ1n) is 11.4. The number of nitrogens with one attached hydrogen (secondary N) is 1. The first-order valence-corrected chi connectivity index (χ1v) is 12.3. The number of rotatable bonds is 9. The number of hydrogen-bond acceptors (Lipinski definition) is 7. The van der Waals surface area contributed by atoms with E-state index >= 15 is 0 Å². The van der Waals surface area contributed by atoms with E-state index in [0.717, 1.165) is 27.6 Å². The third-order valence-electron chi connectivity index (χ3n) is 5.86. The molecule has 1 heterocycles. The molecule has 0 aliphatic heterocycles. The van der Waals surface area contributed by atoms with Crippen molar-refractivity contribution in [3.63, 3.8) is 0 Å². The standard InChI is InChI=1S/C27H27N3O5S/c1-30(15-19-10-6-9-17-7-2-4-11-21(17)19)27(35)25(33)24(32)26(34)28-14-23-29-20(16-36-23)13-18-8-3-5-12-22(18)31/h2-12,16,24-25,31-33H,13-15H2,1H3,(H,28,34)/t24-,25-/m1/s1. The molecule has 0 radical (unpaired) electrons. The molecule has 4 N–H and O–H groups in total. The molecule has 0 saturated heterocycles. The average Bonchev–Trinajstić information content (AvgIpc) is 3.34. The molecular formula is C27H27N3O5S. The van der Waals surface area contributed by atoms with E-state index in [-0.39, 0.29) is 18.8 Å². The summed E-state index contributed by atoms with van der Waals surface area (Å²) < 4.78 is 0. The zero-order valence-corrected chi connectivity index (χ0v) is 20.5. The Kier molecular flexibility index (Phi) is 7.94. The zero-order valence-electron chi connectivity index (χ0n) is 19.7. The molecule has 0 aliphatic rings. The fraction of sp³-hybridized carbons (Fsp3) is 0.222. The van der Waals surface area contributed by atoms with Gasteiger partial charge in [0.25, 0.3) is 11.8 Å². The van der Waals surface area contributed by atoms with Crippen molar-refractivity contribution in [3.8, 4) is 5.75 Å². The third-order valence-corrected chi connectivity index (χ3v) is 6.76. The third kappa shape index (κ3) is 5.88. The van der Waals surface area contributed by atoms with Gasteiger partial charge in [0.1, 0.15) is 10.8 Å².